The van der Waals surface area contributed by atoms with Crippen LogP contribution in [0.25, 0.3) is 0 Å². The summed E-state index contributed by atoms with van der Waals surface area (Å²) >= 11 is 1.30. The number of aromatic nitrogens is 1. The zero-order valence-corrected chi connectivity index (χ0v) is 21.6. The second kappa shape index (κ2) is 12.1. The molecule has 0 saturated heterocycles. The molecule has 1 aromatic heterocycles. The number of hydrogen-bond acceptors (Lipinski definition) is 4. The second-order valence-electron chi connectivity index (χ2n) is 8.14. The molecule has 0 amide bonds. The van der Waals surface area contributed by atoms with Crippen LogP contribution in [0.4, 0.5) is 0 Å². The van der Waals surface area contributed by atoms with Crippen molar-refractivity contribution in [2.24, 2.45) is 0 Å². The summed E-state index contributed by atoms with van der Waals surface area (Å²) in [7, 11) is 1.71. The molecule has 2 rings (SSSR count). The first-order valence-corrected chi connectivity index (χ1v) is 14.7. The van der Waals surface area contributed by atoms with Crippen molar-refractivity contribution >= 4 is 35.4 Å². The Balaban J connectivity index is 2.14. The molecular formula is C22H39NO2SSn. The van der Waals surface area contributed by atoms with E-state index in [-0.39, 0.29) is 5.60 Å². The SMILES string of the molecule is CCCC[C](CCCC)(CCCC)[Sn][c]1cnc(C2(OCOC)CCC2)s1. The van der Waals surface area contributed by atoms with Gasteiger partial charge in [-0.15, -0.1) is 0 Å². The Kier molecular flexibility index (Phi) is 10.6. The van der Waals surface area contributed by atoms with E-state index in [9.17, 15) is 0 Å². The van der Waals surface area contributed by atoms with Crippen molar-refractivity contribution in [3.8, 4) is 0 Å². The summed E-state index contributed by atoms with van der Waals surface area (Å²) in [6.07, 6.45) is 18.1. The van der Waals surface area contributed by atoms with Crippen LogP contribution in [0.1, 0.15) is 103 Å². The summed E-state index contributed by atoms with van der Waals surface area (Å²) in [4.78, 5) is 4.87. The van der Waals surface area contributed by atoms with Crippen LogP contribution < -0.4 is 2.89 Å². The molecule has 0 atom stereocenters. The monoisotopic (exact) mass is 501 g/mol. The minimum atomic E-state index is -0.680. The summed E-state index contributed by atoms with van der Waals surface area (Å²) in [6.45, 7) is 7.40. The average Bonchev–Trinajstić information content (AvgIpc) is 3.10. The molecule has 0 aromatic carbocycles. The molecule has 3 nitrogen and oxygen atoms in total. The van der Waals surface area contributed by atoms with Gasteiger partial charge in [-0.3, -0.25) is 0 Å². The molecule has 0 N–H and O–H groups in total. The summed E-state index contributed by atoms with van der Waals surface area (Å²) in [5, 5.41) is 1.22. The molecule has 5 heteroatoms. The molecule has 1 heterocycles. The van der Waals surface area contributed by atoms with Gasteiger partial charge in [-0.25, -0.2) is 0 Å². The van der Waals surface area contributed by atoms with E-state index >= 15 is 0 Å². The van der Waals surface area contributed by atoms with E-state index < -0.39 is 21.1 Å². The summed E-state index contributed by atoms with van der Waals surface area (Å²) in [5.74, 6) is 0. The van der Waals surface area contributed by atoms with Gasteiger partial charge < -0.3 is 0 Å². The van der Waals surface area contributed by atoms with Gasteiger partial charge in [0.25, 0.3) is 0 Å². The maximum absolute atomic E-state index is 6.08. The van der Waals surface area contributed by atoms with Crippen LogP contribution in [0.2, 0.25) is 3.43 Å². The molecule has 0 unspecified atom stereocenters. The Hall–Kier alpha value is 0.349. The Morgan fingerprint density at radius 3 is 2.11 bits per heavy atom. The summed E-state index contributed by atoms with van der Waals surface area (Å²) in [5.41, 5.74) is -0.142. The van der Waals surface area contributed by atoms with Gasteiger partial charge in [-0.2, -0.15) is 0 Å². The van der Waals surface area contributed by atoms with Crippen molar-refractivity contribution in [2.75, 3.05) is 13.9 Å². The van der Waals surface area contributed by atoms with Crippen LogP contribution in [0.15, 0.2) is 6.20 Å². The standard InChI is InChI=1S/C13H27.C9H12NO2S.Sn/c1-4-7-10-13(11-8-5-2)12-9-6-3;1-11-7-12-9(3-2-4-9)8-10-5-6-13-8;/h4-12H2,1-3H3;5H,2-4,7H2,1H3;. The van der Waals surface area contributed by atoms with Crippen LogP contribution in [0.5, 0.6) is 0 Å². The van der Waals surface area contributed by atoms with Crippen LogP contribution in [-0.2, 0) is 15.1 Å². The Morgan fingerprint density at radius 1 is 1.07 bits per heavy atom. The predicted molar refractivity (Wildman–Crippen MR) is 117 cm³/mol. The van der Waals surface area contributed by atoms with Crippen molar-refractivity contribution in [1.82, 2.24) is 4.98 Å². The molecule has 1 aliphatic rings. The number of rotatable bonds is 15. The van der Waals surface area contributed by atoms with Gasteiger partial charge >= 0.3 is 182 Å². The fourth-order valence-corrected chi connectivity index (χ4v) is 12.1. The van der Waals surface area contributed by atoms with Crippen molar-refractivity contribution in [3.05, 3.63) is 11.2 Å². The normalized spacial score (nSPS) is 16.4. The zero-order valence-electron chi connectivity index (χ0n) is 17.9. The maximum atomic E-state index is 6.08. The van der Waals surface area contributed by atoms with E-state index in [1.165, 1.54) is 69.2 Å². The predicted octanol–water partition coefficient (Wildman–Crippen LogP) is 6.20. The van der Waals surface area contributed by atoms with Crippen molar-refractivity contribution in [3.63, 3.8) is 0 Å². The quantitative estimate of drug-likeness (QED) is 0.212. The van der Waals surface area contributed by atoms with E-state index in [1.807, 2.05) is 11.3 Å². The van der Waals surface area contributed by atoms with Gasteiger partial charge in [-0.1, -0.05) is 0 Å². The van der Waals surface area contributed by atoms with E-state index in [2.05, 4.69) is 27.0 Å². The molecule has 0 bridgehead atoms. The molecule has 1 aromatic rings. The first kappa shape index (κ1) is 23.6. The van der Waals surface area contributed by atoms with Crippen LogP contribution >= 0.6 is 11.3 Å². The molecule has 0 spiro atoms. The van der Waals surface area contributed by atoms with Crippen LogP contribution in [0.3, 0.4) is 0 Å². The fourth-order valence-electron chi connectivity index (χ4n) is 4.00. The van der Waals surface area contributed by atoms with Gasteiger partial charge in [0.2, 0.25) is 0 Å². The molecule has 27 heavy (non-hydrogen) atoms. The number of thiazole rings is 1. The van der Waals surface area contributed by atoms with E-state index in [1.54, 1.807) is 10.0 Å². The molecule has 1 saturated carbocycles. The zero-order chi connectivity index (χ0) is 19.6. The fraction of sp³-hybridized carbons (Fsp3) is 0.864. The van der Waals surface area contributed by atoms with E-state index in [4.69, 9.17) is 14.5 Å². The Morgan fingerprint density at radius 2 is 1.67 bits per heavy atom. The van der Waals surface area contributed by atoms with Crippen LogP contribution in [-0.4, -0.2) is 40.0 Å². The Bertz CT molecular complexity index is 508. The number of unbranched alkanes of at least 4 members (excludes halogenated alkanes) is 3. The number of hydrogen-bond donors (Lipinski definition) is 0. The number of ether oxygens (including phenoxy) is 2. The van der Waals surface area contributed by atoms with Gasteiger partial charge in [0, 0.05) is 0 Å². The average molecular weight is 500 g/mol. The summed E-state index contributed by atoms with van der Waals surface area (Å²) in [6, 6.07) is 0. The van der Waals surface area contributed by atoms with E-state index in [0.29, 0.717) is 10.2 Å². The molecule has 2 radical (unpaired) electrons. The third-order valence-corrected chi connectivity index (χ3v) is 13.2. The first-order chi connectivity index (χ1) is 13.1. The molecule has 0 aliphatic heterocycles. The summed E-state index contributed by atoms with van der Waals surface area (Å²) < 4.78 is 13.5. The van der Waals surface area contributed by atoms with Crippen molar-refractivity contribution in [1.29, 1.82) is 0 Å². The van der Waals surface area contributed by atoms with Gasteiger partial charge in [-0.05, 0) is 0 Å². The minimum absolute atomic E-state index is 0.142. The third-order valence-electron chi connectivity index (χ3n) is 5.92. The Labute approximate surface area is 181 Å². The topological polar surface area (TPSA) is 31.4 Å². The number of nitrogens with zero attached hydrogens (tertiary/aromatic N) is 1. The second-order valence-corrected chi connectivity index (χ2v) is 15.5. The molecular weight excluding hydrogens is 461 g/mol. The molecule has 1 aliphatic carbocycles. The third kappa shape index (κ3) is 6.68. The van der Waals surface area contributed by atoms with Crippen molar-refractivity contribution in [2.45, 2.75) is 107 Å². The molecule has 1 fully saturated rings. The van der Waals surface area contributed by atoms with E-state index in [0.717, 1.165) is 12.8 Å². The van der Waals surface area contributed by atoms with Gasteiger partial charge in [0.05, 0.1) is 0 Å². The number of methoxy groups -OCH3 is 1. The molecule has 154 valence electrons. The first-order valence-electron chi connectivity index (χ1n) is 11.0. The van der Waals surface area contributed by atoms with Crippen molar-refractivity contribution < 1.29 is 9.47 Å². The van der Waals surface area contributed by atoms with Gasteiger partial charge in [0.1, 0.15) is 0 Å². The van der Waals surface area contributed by atoms with Gasteiger partial charge in [0.15, 0.2) is 0 Å². The van der Waals surface area contributed by atoms with Crippen LogP contribution in [0, 0.1) is 0 Å².